The second-order valence-electron chi connectivity index (χ2n) is 3.30. The summed E-state index contributed by atoms with van der Waals surface area (Å²) >= 11 is 0. The molecule has 0 aromatic heterocycles. The SMILES string of the molecule is CCOC(=O)N[C@H](C=O)Cc1ccccc1. The van der Waals surface area contributed by atoms with Crippen molar-refractivity contribution in [2.24, 2.45) is 0 Å². The molecule has 0 spiro atoms. The first-order valence-electron chi connectivity index (χ1n) is 5.18. The van der Waals surface area contributed by atoms with Gasteiger partial charge >= 0.3 is 6.09 Å². The minimum atomic E-state index is -0.560. The first-order chi connectivity index (χ1) is 7.76. The molecular formula is C12H15NO3. The highest BCUT2D eigenvalue weighted by Crippen LogP contribution is 2.02. The summed E-state index contributed by atoms with van der Waals surface area (Å²) in [6, 6.07) is 8.95. The summed E-state index contributed by atoms with van der Waals surface area (Å²) in [5, 5.41) is 2.49. The number of nitrogens with one attached hydrogen (secondary N) is 1. The highest BCUT2D eigenvalue weighted by atomic mass is 16.5. The van der Waals surface area contributed by atoms with E-state index in [4.69, 9.17) is 4.74 Å². The van der Waals surface area contributed by atoms with E-state index in [9.17, 15) is 9.59 Å². The number of hydrogen-bond acceptors (Lipinski definition) is 3. The Balaban J connectivity index is 2.49. The predicted octanol–water partition coefficient (Wildman–Crippen LogP) is 1.54. The average Bonchev–Trinajstić information content (AvgIpc) is 2.30. The Hall–Kier alpha value is -1.84. The molecule has 1 amide bonds. The predicted molar refractivity (Wildman–Crippen MR) is 60.2 cm³/mol. The maximum atomic E-state index is 11.1. The number of amides is 1. The van der Waals surface area contributed by atoms with Gasteiger partial charge in [0.15, 0.2) is 0 Å². The zero-order valence-electron chi connectivity index (χ0n) is 9.18. The van der Waals surface area contributed by atoms with E-state index in [1.807, 2.05) is 30.3 Å². The van der Waals surface area contributed by atoms with Crippen molar-refractivity contribution in [3.8, 4) is 0 Å². The van der Waals surface area contributed by atoms with Crippen LogP contribution in [0.4, 0.5) is 4.79 Å². The van der Waals surface area contributed by atoms with Gasteiger partial charge in [-0.25, -0.2) is 4.79 Å². The lowest BCUT2D eigenvalue weighted by Crippen LogP contribution is -2.37. The summed E-state index contributed by atoms with van der Waals surface area (Å²) in [5.41, 5.74) is 0.997. The van der Waals surface area contributed by atoms with Crippen molar-refractivity contribution in [2.45, 2.75) is 19.4 Å². The largest absolute Gasteiger partial charge is 0.450 e. The molecule has 0 aliphatic rings. The van der Waals surface area contributed by atoms with Crippen LogP contribution in [0.1, 0.15) is 12.5 Å². The fraction of sp³-hybridized carbons (Fsp3) is 0.333. The first-order valence-corrected chi connectivity index (χ1v) is 5.18. The van der Waals surface area contributed by atoms with Crippen molar-refractivity contribution in [2.75, 3.05) is 6.61 Å². The summed E-state index contributed by atoms with van der Waals surface area (Å²) in [6.07, 6.45) is 0.628. The maximum Gasteiger partial charge on any atom is 0.407 e. The van der Waals surface area contributed by atoms with E-state index in [1.165, 1.54) is 0 Å². The summed E-state index contributed by atoms with van der Waals surface area (Å²) < 4.78 is 4.70. The molecule has 1 aromatic rings. The molecule has 0 unspecified atom stereocenters. The van der Waals surface area contributed by atoms with Crippen LogP contribution in [0.5, 0.6) is 0 Å². The van der Waals surface area contributed by atoms with Crippen LogP contribution in [0.15, 0.2) is 30.3 Å². The Morgan fingerprint density at radius 1 is 1.44 bits per heavy atom. The Morgan fingerprint density at radius 2 is 2.12 bits per heavy atom. The standard InChI is InChI=1S/C12H15NO3/c1-2-16-12(15)13-11(9-14)8-10-6-4-3-5-7-10/h3-7,9,11H,2,8H2,1H3,(H,13,15)/t11-/m0/s1. The lowest BCUT2D eigenvalue weighted by molar-refractivity contribution is -0.109. The maximum absolute atomic E-state index is 11.1. The van der Waals surface area contributed by atoms with Crippen molar-refractivity contribution < 1.29 is 14.3 Å². The van der Waals surface area contributed by atoms with Gasteiger partial charge in [-0.15, -0.1) is 0 Å². The third kappa shape index (κ3) is 4.13. The van der Waals surface area contributed by atoms with Crippen LogP contribution < -0.4 is 5.32 Å². The molecule has 0 aliphatic heterocycles. The Morgan fingerprint density at radius 3 is 2.69 bits per heavy atom. The van der Waals surface area contributed by atoms with E-state index >= 15 is 0 Å². The van der Waals surface area contributed by atoms with Crippen molar-refractivity contribution in [3.05, 3.63) is 35.9 Å². The topological polar surface area (TPSA) is 55.4 Å². The lowest BCUT2D eigenvalue weighted by atomic mass is 10.1. The number of hydrogen-bond donors (Lipinski definition) is 1. The van der Waals surface area contributed by atoms with E-state index in [-0.39, 0.29) is 0 Å². The molecular weight excluding hydrogens is 206 g/mol. The quantitative estimate of drug-likeness (QED) is 0.767. The van der Waals surface area contributed by atoms with Crippen molar-refractivity contribution in [3.63, 3.8) is 0 Å². The lowest BCUT2D eigenvalue weighted by Gasteiger charge is -2.12. The van der Waals surface area contributed by atoms with Crippen LogP contribution in [-0.4, -0.2) is 25.0 Å². The molecule has 0 bridgehead atoms. The molecule has 1 aromatic carbocycles. The van der Waals surface area contributed by atoms with E-state index < -0.39 is 12.1 Å². The average molecular weight is 221 g/mol. The van der Waals surface area contributed by atoms with Gasteiger partial charge in [0.1, 0.15) is 6.29 Å². The number of ether oxygens (including phenoxy) is 1. The van der Waals surface area contributed by atoms with Crippen LogP contribution in [-0.2, 0) is 16.0 Å². The van der Waals surface area contributed by atoms with E-state index in [0.717, 1.165) is 5.56 Å². The minimum Gasteiger partial charge on any atom is -0.450 e. The van der Waals surface area contributed by atoms with Gasteiger partial charge < -0.3 is 14.8 Å². The highest BCUT2D eigenvalue weighted by Gasteiger charge is 2.11. The minimum absolute atomic E-state index is 0.294. The highest BCUT2D eigenvalue weighted by molar-refractivity contribution is 5.73. The molecule has 1 rings (SSSR count). The Labute approximate surface area is 94.6 Å². The van der Waals surface area contributed by atoms with Gasteiger partial charge in [-0.05, 0) is 18.9 Å². The van der Waals surface area contributed by atoms with Gasteiger partial charge in [-0.3, -0.25) is 0 Å². The molecule has 0 heterocycles. The molecule has 16 heavy (non-hydrogen) atoms. The molecule has 0 aliphatic carbocycles. The van der Waals surface area contributed by atoms with Crippen molar-refractivity contribution >= 4 is 12.4 Å². The van der Waals surface area contributed by atoms with Gasteiger partial charge in [-0.2, -0.15) is 0 Å². The second kappa shape index (κ2) is 6.61. The van der Waals surface area contributed by atoms with E-state index in [0.29, 0.717) is 19.3 Å². The number of rotatable bonds is 5. The van der Waals surface area contributed by atoms with Gasteiger partial charge in [-0.1, -0.05) is 30.3 Å². The van der Waals surface area contributed by atoms with Gasteiger partial charge in [0.2, 0.25) is 0 Å². The fourth-order valence-electron chi connectivity index (χ4n) is 1.33. The molecule has 4 heteroatoms. The van der Waals surface area contributed by atoms with E-state index in [2.05, 4.69) is 5.32 Å². The first kappa shape index (κ1) is 12.2. The van der Waals surface area contributed by atoms with Gasteiger partial charge in [0.25, 0.3) is 0 Å². The summed E-state index contributed by atoms with van der Waals surface area (Å²) in [5.74, 6) is 0. The van der Waals surface area contributed by atoms with E-state index in [1.54, 1.807) is 6.92 Å². The van der Waals surface area contributed by atoms with Crippen LogP contribution in [0.3, 0.4) is 0 Å². The van der Waals surface area contributed by atoms with Gasteiger partial charge in [0, 0.05) is 0 Å². The molecule has 4 nitrogen and oxygen atoms in total. The Bertz CT molecular complexity index is 337. The summed E-state index contributed by atoms with van der Waals surface area (Å²) in [4.78, 5) is 21.9. The fourth-order valence-corrected chi connectivity index (χ4v) is 1.33. The number of aldehydes is 1. The van der Waals surface area contributed by atoms with Crippen LogP contribution >= 0.6 is 0 Å². The molecule has 0 saturated heterocycles. The molecule has 0 fully saturated rings. The molecule has 1 N–H and O–H groups in total. The number of carbonyl (C=O) groups is 2. The Kier molecular flexibility index (Phi) is 5.05. The van der Waals surface area contributed by atoms with Crippen LogP contribution in [0.25, 0.3) is 0 Å². The number of carbonyl (C=O) groups excluding carboxylic acids is 2. The molecule has 1 atom stereocenters. The third-order valence-corrected chi connectivity index (χ3v) is 2.04. The number of benzene rings is 1. The zero-order valence-corrected chi connectivity index (χ0v) is 9.18. The molecule has 0 radical (unpaired) electrons. The monoisotopic (exact) mass is 221 g/mol. The molecule has 0 saturated carbocycles. The van der Waals surface area contributed by atoms with Gasteiger partial charge in [0.05, 0.1) is 12.6 Å². The normalized spacial score (nSPS) is 11.6. The third-order valence-electron chi connectivity index (χ3n) is 2.04. The second-order valence-corrected chi connectivity index (χ2v) is 3.30. The summed E-state index contributed by atoms with van der Waals surface area (Å²) in [7, 11) is 0. The van der Waals surface area contributed by atoms with Crippen LogP contribution in [0.2, 0.25) is 0 Å². The van der Waals surface area contributed by atoms with Crippen molar-refractivity contribution in [1.29, 1.82) is 0 Å². The van der Waals surface area contributed by atoms with Crippen molar-refractivity contribution in [1.82, 2.24) is 5.32 Å². The number of alkyl carbamates (subject to hydrolysis) is 1. The van der Waals surface area contributed by atoms with Crippen LogP contribution in [0, 0.1) is 0 Å². The smallest absolute Gasteiger partial charge is 0.407 e. The zero-order chi connectivity index (χ0) is 11.8. The summed E-state index contributed by atoms with van der Waals surface area (Å²) in [6.45, 7) is 2.01. The molecule has 86 valence electrons.